The number of thiazole rings is 1. The van der Waals surface area contributed by atoms with Crippen LogP contribution in [-0.2, 0) is 11.3 Å². The zero-order valence-corrected chi connectivity index (χ0v) is 14.6. The Kier molecular flexibility index (Phi) is 6.54. The number of aryl methyl sites for hydroxylation is 1. The van der Waals surface area contributed by atoms with Gasteiger partial charge in [-0.25, -0.2) is 9.78 Å². The number of nitrogens with zero attached hydrogens (tertiary/aromatic N) is 1. The van der Waals surface area contributed by atoms with Crippen molar-refractivity contribution in [3.63, 3.8) is 0 Å². The Balaban J connectivity index is 1.68. The summed E-state index contributed by atoms with van der Waals surface area (Å²) >= 11 is 3.28. The van der Waals surface area contributed by atoms with E-state index in [-0.39, 0.29) is 5.91 Å². The van der Waals surface area contributed by atoms with Gasteiger partial charge in [-0.2, -0.15) is 0 Å². The van der Waals surface area contributed by atoms with E-state index in [1.165, 1.54) is 0 Å². The number of primary amides is 1. The topological polar surface area (TPSA) is 97.1 Å². The van der Waals surface area contributed by atoms with Crippen molar-refractivity contribution < 1.29 is 9.59 Å². The number of nitrogens with one attached hydrogen (secondary N) is 2. The summed E-state index contributed by atoms with van der Waals surface area (Å²) < 4.78 is 0. The van der Waals surface area contributed by atoms with Gasteiger partial charge in [0.25, 0.3) is 0 Å². The fraction of sp³-hybridized carbons (Fsp3) is 0.400. The fourth-order valence-electron chi connectivity index (χ4n) is 1.98. The molecule has 124 valence electrons. The number of aromatic nitrogens is 1. The summed E-state index contributed by atoms with van der Waals surface area (Å²) in [7, 11) is 0. The number of unbranched alkanes of at least 4 members (excludes halogenated alkanes) is 1. The van der Waals surface area contributed by atoms with Crippen LogP contribution in [0.4, 0.5) is 4.79 Å². The molecule has 0 aliphatic heterocycles. The first kappa shape index (κ1) is 17.4. The molecule has 0 bridgehead atoms. The SMILES string of the molecule is Cc1nc(-c2ccc(CNC(=O)CCCCNC(N)=O)s2)cs1. The Labute approximate surface area is 143 Å². The molecule has 6 nitrogen and oxygen atoms in total. The average molecular weight is 352 g/mol. The number of hydrogen-bond donors (Lipinski definition) is 3. The van der Waals surface area contributed by atoms with E-state index in [2.05, 4.69) is 15.6 Å². The lowest BCUT2D eigenvalue weighted by Crippen LogP contribution is -2.30. The van der Waals surface area contributed by atoms with Crippen molar-refractivity contribution in [1.82, 2.24) is 15.6 Å². The molecule has 4 N–H and O–H groups in total. The second kappa shape index (κ2) is 8.64. The van der Waals surface area contributed by atoms with E-state index in [1.54, 1.807) is 22.7 Å². The van der Waals surface area contributed by atoms with Gasteiger partial charge in [0.15, 0.2) is 0 Å². The molecular weight excluding hydrogens is 332 g/mol. The van der Waals surface area contributed by atoms with Crippen LogP contribution in [0.15, 0.2) is 17.5 Å². The predicted octanol–water partition coefficient (Wildman–Crippen LogP) is 2.63. The third kappa shape index (κ3) is 5.99. The standard InChI is InChI=1S/C15H20N4O2S2/c1-10-19-12(9-22-10)13-6-5-11(23-13)8-18-14(20)4-2-3-7-17-15(16)21/h5-6,9H,2-4,7-8H2,1H3,(H,18,20)(H3,16,17,21). The Morgan fingerprint density at radius 1 is 1.26 bits per heavy atom. The molecule has 2 heterocycles. The van der Waals surface area contributed by atoms with E-state index in [0.717, 1.165) is 33.3 Å². The van der Waals surface area contributed by atoms with Crippen molar-refractivity contribution in [3.05, 3.63) is 27.4 Å². The molecule has 2 rings (SSSR count). The minimum Gasteiger partial charge on any atom is -0.352 e. The Morgan fingerprint density at radius 3 is 2.78 bits per heavy atom. The minimum absolute atomic E-state index is 0.0172. The van der Waals surface area contributed by atoms with Crippen LogP contribution in [0.2, 0.25) is 0 Å². The third-order valence-electron chi connectivity index (χ3n) is 3.12. The number of nitrogens with two attached hydrogens (primary N) is 1. The lowest BCUT2D eigenvalue weighted by atomic mass is 10.2. The van der Waals surface area contributed by atoms with Crippen molar-refractivity contribution in [2.75, 3.05) is 6.54 Å². The average Bonchev–Trinajstić information content (AvgIpc) is 3.13. The zero-order valence-electron chi connectivity index (χ0n) is 12.9. The lowest BCUT2D eigenvalue weighted by molar-refractivity contribution is -0.121. The first-order valence-corrected chi connectivity index (χ1v) is 9.05. The van der Waals surface area contributed by atoms with Gasteiger partial charge in [-0.15, -0.1) is 22.7 Å². The molecule has 0 saturated carbocycles. The molecular formula is C15H20N4O2S2. The van der Waals surface area contributed by atoms with Gasteiger partial charge in [0.2, 0.25) is 5.91 Å². The van der Waals surface area contributed by atoms with Gasteiger partial charge >= 0.3 is 6.03 Å². The van der Waals surface area contributed by atoms with Gasteiger partial charge in [0, 0.05) is 23.2 Å². The molecule has 0 atom stereocenters. The van der Waals surface area contributed by atoms with E-state index in [1.807, 2.05) is 24.4 Å². The summed E-state index contributed by atoms with van der Waals surface area (Å²) in [6.45, 7) is 3.03. The molecule has 0 unspecified atom stereocenters. The highest BCUT2D eigenvalue weighted by Crippen LogP contribution is 2.28. The predicted molar refractivity (Wildman–Crippen MR) is 93.4 cm³/mol. The third-order valence-corrected chi connectivity index (χ3v) is 5.00. The van der Waals surface area contributed by atoms with Gasteiger partial charge in [-0.05, 0) is 31.9 Å². The molecule has 0 aromatic carbocycles. The summed E-state index contributed by atoms with van der Waals surface area (Å²) in [6.07, 6.45) is 1.91. The maximum atomic E-state index is 11.8. The zero-order chi connectivity index (χ0) is 16.7. The molecule has 0 aliphatic carbocycles. The molecule has 0 saturated heterocycles. The molecule has 23 heavy (non-hydrogen) atoms. The van der Waals surface area contributed by atoms with Gasteiger partial charge in [0.05, 0.1) is 22.1 Å². The number of urea groups is 1. The van der Waals surface area contributed by atoms with Crippen molar-refractivity contribution in [2.24, 2.45) is 5.73 Å². The lowest BCUT2D eigenvalue weighted by Gasteiger charge is -2.04. The number of thiophene rings is 1. The summed E-state index contributed by atoms with van der Waals surface area (Å²) in [6, 6.07) is 3.53. The quantitative estimate of drug-likeness (QED) is 0.637. The molecule has 3 amide bonds. The first-order valence-electron chi connectivity index (χ1n) is 7.36. The van der Waals surface area contributed by atoms with Crippen LogP contribution in [-0.4, -0.2) is 23.5 Å². The monoisotopic (exact) mass is 352 g/mol. The summed E-state index contributed by atoms with van der Waals surface area (Å²) in [4.78, 5) is 28.9. The van der Waals surface area contributed by atoms with Crippen molar-refractivity contribution >= 4 is 34.6 Å². The van der Waals surface area contributed by atoms with Crippen LogP contribution >= 0.6 is 22.7 Å². The van der Waals surface area contributed by atoms with Gasteiger partial charge < -0.3 is 16.4 Å². The molecule has 0 radical (unpaired) electrons. The van der Waals surface area contributed by atoms with Crippen molar-refractivity contribution in [1.29, 1.82) is 0 Å². The second-order valence-corrected chi connectivity index (χ2v) is 7.27. The molecule has 0 spiro atoms. The van der Waals surface area contributed by atoms with E-state index in [4.69, 9.17) is 5.73 Å². The number of hydrogen-bond acceptors (Lipinski definition) is 5. The van der Waals surface area contributed by atoms with Gasteiger partial charge in [-0.3, -0.25) is 4.79 Å². The van der Waals surface area contributed by atoms with E-state index in [9.17, 15) is 9.59 Å². The van der Waals surface area contributed by atoms with Crippen molar-refractivity contribution in [2.45, 2.75) is 32.7 Å². The largest absolute Gasteiger partial charge is 0.352 e. The summed E-state index contributed by atoms with van der Waals surface area (Å²) in [5.41, 5.74) is 5.96. The first-order chi connectivity index (χ1) is 11.0. The Bertz CT molecular complexity index is 666. The maximum absolute atomic E-state index is 11.8. The molecule has 8 heteroatoms. The Morgan fingerprint density at radius 2 is 2.09 bits per heavy atom. The highest BCUT2D eigenvalue weighted by atomic mass is 32.1. The van der Waals surface area contributed by atoms with Crippen LogP contribution in [0.3, 0.4) is 0 Å². The van der Waals surface area contributed by atoms with Crippen LogP contribution < -0.4 is 16.4 Å². The maximum Gasteiger partial charge on any atom is 0.312 e. The fourth-order valence-corrected chi connectivity index (χ4v) is 3.58. The number of carbonyl (C=O) groups excluding carboxylic acids is 2. The number of rotatable bonds is 8. The highest BCUT2D eigenvalue weighted by Gasteiger charge is 2.07. The Hall–Kier alpha value is -1.93. The van der Waals surface area contributed by atoms with Gasteiger partial charge in [0.1, 0.15) is 0 Å². The number of amides is 3. The summed E-state index contributed by atoms with van der Waals surface area (Å²) in [5, 5.41) is 8.51. The van der Waals surface area contributed by atoms with E-state index < -0.39 is 6.03 Å². The van der Waals surface area contributed by atoms with Crippen LogP contribution in [0, 0.1) is 6.92 Å². The molecule has 2 aromatic heterocycles. The van der Waals surface area contributed by atoms with E-state index >= 15 is 0 Å². The van der Waals surface area contributed by atoms with E-state index in [0.29, 0.717) is 19.5 Å². The molecule has 0 fully saturated rings. The molecule has 0 aliphatic rings. The van der Waals surface area contributed by atoms with Crippen molar-refractivity contribution in [3.8, 4) is 10.6 Å². The van der Waals surface area contributed by atoms with Crippen LogP contribution in [0.25, 0.3) is 10.6 Å². The van der Waals surface area contributed by atoms with Crippen LogP contribution in [0.1, 0.15) is 29.1 Å². The van der Waals surface area contributed by atoms with Gasteiger partial charge in [-0.1, -0.05) is 0 Å². The van der Waals surface area contributed by atoms with Crippen LogP contribution in [0.5, 0.6) is 0 Å². The highest BCUT2D eigenvalue weighted by molar-refractivity contribution is 7.16. The summed E-state index contributed by atoms with van der Waals surface area (Å²) in [5.74, 6) is 0.0172. The molecule has 2 aromatic rings. The normalized spacial score (nSPS) is 10.5. The minimum atomic E-state index is -0.529. The smallest absolute Gasteiger partial charge is 0.312 e. The second-order valence-electron chi connectivity index (χ2n) is 5.04. The number of carbonyl (C=O) groups is 2.